The van der Waals surface area contributed by atoms with Gasteiger partial charge in [-0.25, -0.2) is 4.98 Å². The minimum absolute atomic E-state index is 0.321. The molecular weight excluding hydrogens is 224 g/mol. The zero-order chi connectivity index (χ0) is 12.6. The lowest BCUT2D eigenvalue weighted by Crippen LogP contribution is -2.50. The molecule has 1 aromatic heterocycles. The van der Waals surface area contributed by atoms with Crippen LogP contribution in [0.25, 0.3) is 0 Å². The van der Waals surface area contributed by atoms with Crippen LogP contribution in [0.1, 0.15) is 32.0 Å². The lowest BCUT2D eigenvalue weighted by molar-refractivity contribution is 0.190. The summed E-state index contributed by atoms with van der Waals surface area (Å²) in [6.45, 7) is 6.88. The molecular formula is C14H24N4. The van der Waals surface area contributed by atoms with Gasteiger partial charge < -0.3 is 9.88 Å². The molecule has 1 aromatic rings. The van der Waals surface area contributed by atoms with E-state index in [1.54, 1.807) is 0 Å². The molecule has 1 aliphatic heterocycles. The Kier molecular flexibility index (Phi) is 3.16. The van der Waals surface area contributed by atoms with Gasteiger partial charge in [0, 0.05) is 31.5 Å². The average molecular weight is 248 g/mol. The highest BCUT2D eigenvalue weighted by Gasteiger charge is 2.42. The van der Waals surface area contributed by atoms with Crippen molar-refractivity contribution in [1.82, 2.24) is 19.8 Å². The fourth-order valence-corrected chi connectivity index (χ4v) is 3.15. The van der Waals surface area contributed by atoms with Gasteiger partial charge in [0.25, 0.3) is 0 Å². The Morgan fingerprint density at radius 2 is 2.33 bits per heavy atom. The smallest absolute Gasteiger partial charge is 0.122 e. The Bertz CT molecular complexity index is 410. The molecule has 0 spiro atoms. The van der Waals surface area contributed by atoms with E-state index in [4.69, 9.17) is 0 Å². The van der Waals surface area contributed by atoms with Gasteiger partial charge in [0.05, 0.1) is 6.54 Å². The van der Waals surface area contributed by atoms with E-state index < -0.39 is 0 Å². The minimum Gasteiger partial charge on any atom is -0.337 e. The van der Waals surface area contributed by atoms with Gasteiger partial charge in [0.2, 0.25) is 0 Å². The Labute approximate surface area is 109 Å². The summed E-state index contributed by atoms with van der Waals surface area (Å²) >= 11 is 0. The Morgan fingerprint density at radius 3 is 3.00 bits per heavy atom. The zero-order valence-electron chi connectivity index (χ0n) is 11.5. The lowest BCUT2D eigenvalue weighted by atomic mass is 9.95. The fourth-order valence-electron chi connectivity index (χ4n) is 3.15. The first-order valence-corrected chi connectivity index (χ1v) is 7.11. The quantitative estimate of drug-likeness (QED) is 0.877. The molecule has 2 aliphatic rings. The third-order valence-electron chi connectivity index (χ3n) is 4.50. The Hall–Kier alpha value is -0.870. The van der Waals surface area contributed by atoms with Crippen LogP contribution in [-0.4, -0.2) is 39.6 Å². The standard InChI is InChI=1S/C14H24N4/c1-14(12-4-5-12)11-18(8-3-6-16-14)10-13-15-7-9-17(13)2/h7,9,12,16H,3-6,8,10-11H2,1-2H3. The van der Waals surface area contributed by atoms with Crippen LogP contribution >= 0.6 is 0 Å². The van der Waals surface area contributed by atoms with Crippen molar-refractivity contribution >= 4 is 0 Å². The monoisotopic (exact) mass is 248 g/mol. The van der Waals surface area contributed by atoms with Crippen molar-refractivity contribution in [2.75, 3.05) is 19.6 Å². The van der Waals surface area contributed by atoms with Gasteiger partial charge in [-0.15, -0.1) is 0 Å². The lowest BCUT2D eigenvalue weighted by Gasteiger charge is -2.33. The molecule has 0 bridgehead atoms. The van der Waals surface area contributed by atoms with E-state index in [1.165, 1.54) is 31.6 Å². The van der Waals surface area contributed by atoms with Crippen LogP contribution in [0, 0.1) is 5.92 Å². The molecule has 0 amide bonds. The van der Waals surface area contributed by atoms with E-state index in [0.29, 0.717) is 5.54 Å². The molecule has 1 unspecified atom stereocenters. The maximum absolute atomic E-state index is 4.45. The molecule has 4 heteroatoms. The van der Waals surface area contributed by atoms with Crippen LogP contribution in [0.5, 0.6) is 0 Å². The van der Waals surface area contributed by atoms with E-state index in [1.807, 2.05) is 12.4 Å². The van der Waals surface area contributed by atoms with Gasteiger partial charge in [-0.05, 0) is 45.2 Å². The molecule has 1 aliphatic carbocycles. The number of hydrogen-bond acceptors (Lipinski definition) is 3. The Morgan fingerprint density at radius 1 is 1.50 bits per heavy atom. The average Bonchev–Trinajstić information content (AvgIpc) is 3.12. The van der Waals surface area contributed by atoms with Crippen molar-refractivity contribution in [2.24, 2.45) is 13.0 Å². The van der Waals surface area contributed by atoms with Gasteiger partial charge in [-0.3, -0.25) is 4.90 Å². The van der Waals surface area contributed by atoms with Crippen molar-refractivity contribution in [1.29, 1.82) is 0 Å². The summed E-state index contributed by atoms with van der Waals surface area (Å²) in [6, 6.07) is 0. The number of imidazole rings is 1. The molecule has 0 radical (unpaired) electrons. The predicted octanol–water partition coefficient (Wildman–Crippen LogP) is 1.38. The molecule has 1 atom stereocenters. The second-order valence-corrected chi connectivity index (χ2v) is 6.14. The first kappa shape index (κ1) is 12.2. The van der Waals surface area contributed by atoms with Gasteiger partial charge in [-0.2, -0.15) is 0 Å². The zero-order valence-corrected chi connectivity index (χ0v) is 11.5. The molecule has 18 heavy (non-hydrogen) atoms. The Balaban J connectivity index is 1.69. The van der Waals surface area contributed by atoms with E-state index >= 15 is 0 Å². The molecule has 1 saturated heterocycles. The summed E-state index contributed by atoms with van der Waals surface area (Å²) < 4.78 is 2.13. The maximum Gasteiger partial charge on any atom is 0.122 e. The number of aryl methyl sites for hydroxylation is 1. The van der Waals surface area contributed by atoms with E-state index in [2.05, 4.69) is 33.7 Å². The number of rotatable bonds is 3. The minimum atomic E-state index is 0.321. The van der Waals surface area contributed by atoms with E-state index in [-0.39, 0.29) is 0 Å². The van der Waals surface area contributed by atoms with E-state index in [9.17, 15) is 0 Å². The number of nitrogens with zero attached hydrogens (tertiary/aromatic N) is 3. The molecule has 2 heterocycles. The fraction of sp³-hybridized carbons (Fsp3) is 0.786. The normalized spacial score (nSPS) is 30.3. The van der Waals surface area contributed by atoms with Crippen LogP contribution in [0.2, 0.25) is 0 Å². The van der Waals surface area contributed by atoms with Crippen molar-refractivity contribution in [2.45, 2.75) is 38.3 Å². The second-order valence-electron chi connectivity index (χ2n) is 6.14. The predicted molar refractivity (Wildman–Crippen MR) is 72.2 cm³/mol. The third-order valence-corrected chi connectivity index (χ3v) is 4.50. The first-order valence-electron chi connectivity index (χ1n) is 7.11. The summed E-state index contributed by atoms with van der Waals surface area (Å²) in [5.41, 5.74) is 0.321. The SMILES string of the molecule is Cn1ccnc1CN1CCCNC(C)(C2CC2)C1. The summed E-state index contributed by atoms with van der Waals surface area (Å²) in [6.07, 6.45) is 7.98. The summed E-state index contributed by atoms with van der Waals surface area (Å²) in [4.78, 5) is 7.02. The van der Waals surface area contributed by atoms with Crippen molar-refractivity contribution in [3.8, 4) is 0 Å². The largest absolute Gasteiger partial charge is 0.337 e. The van der Waals surface area contributed by atoms with E-state index in [0.717, 1.165) is 25.6 Å². The third kappa shape index (κ3) is 2.45. The van der Waals surface area contributed by atoms with Gasteiger partial charge >= 0.3 is 0 Å². The molecule has 2 fully saturated rings. The molecule has 3 rings (SSSR count). The van der Waals surface area contributed by atoms with Crippen LogP contribution in [-0.2, 0) is 13.6 Å². The molecule has 1 saturated carbocycles. The van der Waals surface area contributed by atoms with Crippen LogP contribution < -0.4 is 5.32 Å². The van der Waals surface area contributed by atoms with Crippen molar-refractivity contribution in [3.05, 3.63) is 18.2 Å². The highest BCUT2D eigenvalue weighted by atomic mass is 15.2. The highest BCUT2D eigenvalue weighted by Crippen LogP contribution is 2.40. The summed E-state index contributed by atoms with van der Waals surface area (Å²) in [5, 5.41) is 3.78. The topological polar surface area (TPSA) is 33.1 Å². The molecule has 100 valence electrons. The molecule has 1 N–H and O–H groups in total. The van der Waals surface area contributed by atoms with Crippen LogP contribution in [0.4, 0.5) is 0 Å². The van der Waals surface area contributed by atoms with Crippen LogP contribution in [0.15, 0.2) is 12.4 Å². The molecule has 0 aromatic carbocycles. The number of nitrogens with one attached hydrogen (secondary N) is 1. The number of aromatic nitrogens is 2. The highest BCUT2D eigenvalue weighted by molar-refractivity contribution is 5.02. The maximum atomic E-state index is 4.45. The van der Waals surface area contributed by atoms with Gasteiger partial charge in [0.15, 0.2) is 0 Å². The van der Waals surface area contributed by atoms with Crippen molar-refractivity contribution in [3.63, 3.8) is 0 Å². The summed E-state index contributed by atoms with van der Waals surface area (Å²) in [7, 11) is 2.08. The second kappa shape index (κ2) is 4.67. The van der Waals surface area contributed by atoms with Crippen molar-refractivity contribution < 1.29 is 0 Å². The first-order chi connectivity index (χ1) is 8.67. The summed E-state index contributed by atoms with van der Waals surface area (Å²) in [5.74, 6) is 2.06. The van der Waals surface area contributed by atoms with Gasteiger partial charge in [0.1, 0.15) is 5.82 Å². The number of hydrogen-bond donors (Lipinski definition) is 1. The molecule has 4 nitrogen and oxygen atoms in total. The van der Waals surface area contributed by atoms with Gasteiger partial charge in [-0.1, -0.05) is 0 Å². The van der Waals surface area contributed by atoms with Crippen LogP contribution in [0.3, 0.4) is 0 Å².